The van der Waals surface area contributed by atoms with Crippen LogP contribution in [-0.2, 0) is 16.6 Å². The predicted octanol–water partition coefficient (Wildman–Crippen LogP) is 1.69. The Morgan fingerprint density at radius 1 is 1.48 bits per heavy atom. The average molecular weight is 293 g/mol. The highest BCUT2D eigenvalue weighted by molar-refractivity contribution is 5.87. The highest BCUT2D eigenvalue weighted by Gasteiger charge is 2.24. The minimum atomic E-state index is -0.942. The second-order valence-electron chi connectivity index (χ2n) is 5.50. The predicted molar refractivity (Wildman–Crippen MR) is 81.4 cm³/mol. The smallest absolute Gasteiger partial charge is 0.328 e. The van der Waals surface area contributed by atoms with Crippen molar-refractivity contribution < 1.29 is 14.6 Å². The van der Waals surface area contributed by atoms with E-state index in [0.29, 0.717) is 5.92 Å². The molecule has 0 amide bonds. The van der Waals surface area contributed by atoms with Gasteiger partial charge in [-0.1, -0.05) is 0 Å². The molecule has 1 N–H and O–H groups in total. The number of carboxylic acids is 1. The molecule has 1 aliphatic rings. The van der Waals surface area contributed by atoms with Crippen LogP contribution in [0.1, 0.15) is 24.1 Å². The summed E-state index contributed by atoms with van der Waals surface area (Å²) in [6.45, 7) is 4.61. The van der Waals surface area contributed by atoms with Gasteiger partial charge in [-0.2, -0.15) is 5.10 Å². The van der Waals surface area contributed by atoms with Gasteiger partial charge in [0, 0.05) is 45.5 Å². The molecule has 2 heterocycles. The quantitative estimate of drug-likeness (QED) is 0.837. The summed E-state index contributed by atoms with van der Waals surface area (Å²) in [4.78, 5) is 13.0. The molecule has 1 fully saturated rings. The maximum absolute atomic E-state index is 10.8. The van der Waals surface area contributed by atoms with Gasteiger partial charge < -0.3 is 14.7 Å². The molecule has 0 saturated carbocycles. The molecule has 0 aliphatic carbocycles. The van der Waals surface area contributed by atoms with Gasteiger partial charge in [-0.25, -0.2) is 4.79 Å². The van der Waals surface area contributed by atoms with Crippen LogP contribution >= 0.6 is 0 Å². The number of carboxylic acid groups (broad SMARTS) is 1. The third-order valence-electron chi connectivity index (χ3n) is 3.95. The number of rotatable bonds is 5. The van der Waals surface area contributed by atoms with Crippen LogP contribution in [0.3, 0.4) is 0 Å². The van der Waals surface area contributed by atoms with Crippen LogP contribution in [0.4, 0.5) is 5.82 Å². The molecule has 2 rings (SSSR count). The van der Waals surface area contributed by atoms with E-state index in [2.05, 4.69) is 10.00 Å². The second-order valence-corrected chi connectivity index (χ2v) is 5.50. The Bertz CT molecular complexity index is 529. The molecule has 0 radical (unpaired) electrons. The largest absolute Gasteiger partial charge is 0.478 e. The van der Waals surface area contributed by atoms with Gasteiger partial charge in [0.25, 0.3) is 0 Å². The second kappa shape index (κ2) is 6.76. The Hall–Kier alpha value is -1.82. The first kappa shape index (κ1) is 15.6. The molecule has 6 nitrogen and oxygen atoms in total. The van der Waals surface area contributed by atoms with Crippen molar-refractivity contribution in [2.75, 3.05) is 31.7 Å². The van der Waals surface area contributed by atoms with Crippen molar-refractivity contribution in [1.82, 2.24) is 9.78 Å². The van der Waals surface area contributed by atoms with Crippen LogP contribution in [0, 0.1) is 12.8 Å². The number of ether oxygens (including phenoxy) is 1. The number of methoxy groups -OCH3 is 1. The molecule has 1 saturated heterocycles. The van der Waals surface area contributed by atoms with Crippen molar-refractivity contribution in [3.05, 3.63) is 17.3 Å². The Kier molecular flexibility index (Phi) is 5.01. The fourth-order valence-electron chi connectivity index (χ4n) is 2.93. The van der Waals surface area contributed by atoms with Crippen LogP contribution < -0.4 is 4.90 Å². The zero-order valence-electron chi connectivity index (χ0n) is 12.9. The van der Waals surface area contributed by atoms with Crippen molar-refractivity contribution >= 4 is 17.9 Å². The zero-order chi connectivity index (χ0) is 15.4. The summed E-state index contributed by atoms with van der Waals surface area (Å²) >= 11 is 0. The minimum Gasteiger partial charge on any atom is -0.478 e. The Morgan fingerprint density at radius 3 is 2.71 bits per heavy atom. The van der Waals surface area contributed by atoms with Crippen LogP contribution in [0.25, 0.3) is 6.08 Å². The third-order valence-corrected chi connectivity index (χ3v) is 3.95. The number of piperidine rings is 1. The Balaban J connectivity index is 2.18. The highest BCUT2D eigenvalue weighted by Crippen LogP contribution is 2.29. The van der Waals surface area contributed by atoms with E-state index in [1.165, 1.54) is 6.08 Å². The van der Waals surface area contributed by atoms with E-state index in [0.717, 1.165) is 49.6 Å². The topological polar surface area (TPSA) is 67.6 Å². The van der Waals surface area contributed by atoms with Gasteiger partial charge >= 0.3 is 5.97 Å². The van der Waals surface area contributed by atoms with E-state index in [1.54, 1.807) is 13.2 Å². The molecule has 0 spiro atoms. The molecule has 1 aromatic heterocycles. The summed E-state index contributed by atoms with van der Waals surface area (Å²) in [5, 5.41) is 13.3. The lowest BCUT2D eigenvalue weighted by atomic mass is 9.97. The van der Waals surface area contributed by atoms with Gasteiger partial charge in [0.15, 0.2) is 0 Å². The molecule has 1 aliphatic heterocycles. The lowest BCUT2D eigenvalue weighted by Gasteiger charge is -2.33. The van der Waals surface area contributed by atoms with Gasteiger partial charge in [-0.15, -0.1) is 0 Å². The van der Waals surface area contributed by atoms with E-state index >= 15 is 0 Å². The summed E-state index contributed by atoms with van der Waals surface area (Å²) in [5.74, 6) is 0.669. The van der Waals surface area contributed by atoms with E-state index in [9.17, 15) is 4.79 Å². The fourth-order valence-corrected chi connectivity index (χ4v) is 2.93. The first-order chi connectivity index (χ1) is 10.0. The standard InChI is InChI=1S/C15H23N3O3/c1-11-13(4-5-14(19)20)15(17(2)16-11)18-8-6-12(7-9-18)10-21-3/h4-5,12H,6-10H2,1-3H3,(H,19,20). The number of aliphatic carboxylic acids is 1. The number of anilines is 1. The van der Waals surface area contributed by atoms with Gasteiger partial charge in [0.05, 0.1) is 5.69 Å². The molecule has 116 valence electrons. The number of aryl methyl sites for hydroxylation is 2. The SMILES string of the molecule is COCC1CCN(c2c(C=CC(=O)O)c(C)nn2C)CC1. The first-order valence-corrected chi connectivity index (χ1v) is 7.21. The van der Waals surface area contributed by atoms with Crippen LogP contribution in [-0.4, -0.2) is 47.7 Å². The molecular formula is C15H23N3O3. The molecule has 0 atom stereocenters. The Labute approximate surface area is 125 Å². The summed E-state index contributed by atoms with van der Waals surface area (Å²) in [6, 6.07) is 0. The average Bonchev–Trinajstić information content (AvgIpc) is 2.72. The molecule has 0 aromatic carbocycles. The van der Waals surface area contributed by atoms with Gasteiger partial charge in [-0.3, -0.25) is 4.68 Å². The van der Waals surface area contributed by atoms with E-state index < -0.39 is 5.97 Å². The van der Waals surface area contributed by atoms with Crippen LogP contribution in [0.5, 0.6) is 0 Å². The maximum atomic E-state index is 10.8. The monoisotopic (exact) mass is 293 g/mol. The summed E-state index contributed by atoms with van der Waals surface area (Å²) in [6.07, 6.45) is 4.98. The van der Waals surface area contributed by atoms with Crippen LogP contribution in [0.15, 0.2) is 6.08 Å². The summed E-state index contributed by atoms with van der Waals surface area (Å²) < 4.78 is 7.07. The maximum Gasteiger partial charge on any atom is 0.328 e. The molecule has 0 unspecified atom stereocenters. The number of carbonyl (C=O) groups is 1. The van der Waals surface area contributed by atoms with E-state index in [-0.39, 0.29) is 0 Å². The Morgan fingerprint density at radius 2 is 2.14 bits per heavy atom. The normalized spacial score (nSPS) is 16.8. The molecular weight excluding hydrogens is 270 g/mol. The molecule has 6 heteroatoms. The van der Waals surface area contributed by atoms with Crippen molar-refractivity contribution in [3.8, 4) is 0 Å². The zero-order valence-corrected chi connectivity index (χ0v) is 12.9. The van der Waals surface area contributed by atoms with Gasteiger partial charge in [0.2, 0.25) is 0 Å². The summed E-state index contributed by atoms with van der Waals surface area (Å²) in [7, 11) is 3.65. The van der Waals surface area contributed by atoms with Gasteiger partial charge in [0.1, 0.15) is 5.82 Å². The van der Waals surface area contributed by atoms with Gasteiger partial charge in [-0.05, 0) is 31.8 Å². The number of aromatic nitrogens is 2. The minimum absolute atomic E-state index is 0.610. The number of hydrogen-bond donors (Lipinski definition) is 1. The van der Waals surface area contributed by atoms with Crippen molar-refractivity contribution in [2.45, 2.75) is 19.8 Å². The number of nitrogens with zero attached hydrogens (tertiary/aromatic N) is 3. The highest BCUT2D eigenvalue weighted by atomic mass is 16.5. The lowest BCUT2D eigenvalue weighted by Crippen LogP contribution is -2.36. The molecule has 21 heavy (non-hydrogen) atoms. The van der Waals surface area contributed by atoms with E-state index in [1.807, 2.05) is 18.7 Å². The van der Waals surface area contributed by atoms with Crippen molar-refractivity contribution in [3.63, 3.8) is 0 Å². The third kappa shape index (κ3) is 3.64. The van der Waals surface area contributed by atoms with Crippen molar-refractivity contribution in [1.29, 1.82) is 0 Å². The molecule has 0 bridgehead atoms. The molecule has 1 aromatic rings. The summed E-state index contributed by atoms with van der Waals surface area (Å²) in [5.41, 5.74) is 1.74. The fraction of sp³-hybridized carbons (Fsp3) is 0.600. The number of hydrogen-bond acceptors (Lipinski definition) is 4. The van der Waals surface area contributed by atoms with Crippen molar-refractivity contribution in [2.24, 2.45) is 13.0 Å². The van der Waals surface area contributed by atoms with E-state index in [4.69, 9.17) is 9.84 Å². The van der Waals surface area contributed by atoms with Crippen LogP contribution in [0.2, 0.25) is 0 Å². The lowest BCUT2D eigenvalue weighted by molar-refractivity contribution is -0.131. The first-order valence-electron chi connectivity index (χ1n) is 7.21.